The van der Waals surface area contributed by atoms with Gasteiger partial charge in [0.25, 0.3) is 0 Å². The fourth-order valence-corrected chi connectivity index (χ4v) is 4.36. The molecule has 1 heterocycles. The highest BCUT2D eigenvalue weighted by atomic mass is 32.2. The van der Waals surface area contributed by atoms with Crippen LogP contribution in [-0.4, -0.2) is 61.6 Å². The van der Waals surface area contributed by atoms with Gasteiger partial charge in [-0.3, -0.25) is 4.90 Å². The molecule has 2 fully saturated rings. The Morgan fingerprint density at radius 2 is 1.83 bits per heavy atom. The molecule has 1 aromatic carbocycles. The summed E-state index contributed by atoms with van der Waals surface area (Å²) in [5.41, 5.74) is 0. The highest BCUT2D eigenvalue weighted by Gasteiger charge is 2.34. The monoisotopic (exact) mass is 346 g/mol. The third-order valence-electron chi connectivity index (χ3n) is 4.45. The summed E-state index contributed by atoms with van der Waals surface area (Å²) in [7, 11) is -4.04. The number of rotatable bonds is 5. The summed E-state index contributed by atoms with van der Waals surface area (Å²) in [5, 5.41) is 9.95. The Morgan fingerprint density at radius 1 is 1.17 bits per heavy atom. The number of β-amino-alcohol motifs (C(OH)–C–C–N with tert-alkyl or cyclic N) is 1. The van der Waals surface area contributed by atoms with Crippen molar-refractivity contribution in [2.24, 2.45) is 5.92 Å². The third kappa shape index (κ3) is 3.71. The quantitative estimate of drug-likeness (QED) is 0.866. The highest BCUT2D eigenvalue weighted by Crippen LogP contribution is 2.33. The van der Waals surface area contributed by atoms with E-state index in [1.54, 1.807) is 0 Å². The van der Waals surface area contributed by atoms with Crippen molar-refractivity contribution in [3.05, 3.63) is 29.8 Å². The Morgan fingerprint density at radius 3 is 2.43 bits per heavy atom. The van der Waals surface area contributed by atoms with E-state index in [2.05, 4.69) is 0 Å². The third-order valence-corrected chi connectivity index (χ3v) is 6.37. The van der Waals surface area contributed by atoms with Gasteiger partial charge in [-0.1, -0.05) is 0 Å². The molecule has 0 amide bonds. The molecule has 1 aliphatic heterocycles. The first-order valence-electron chi connectivity index (χ1n) is 7.73. The first-order valence-corrected chi connectivity index (χ1v) is 9.17. The van der Waals surface area contributed by atoms with Crippen molar-refractivity contribution in [3.8, 4) is 0 Å². The number of piperazine rings is 1. The van der Waals surface area contributed by atoms with Gasteiger partial charge in [-0.05, 0) is 37.0 Å². The minimum absolute atomic E-state index is 0.204. The smallest absolute Gasteiger partial charge is 0.246 e. The average molecular weight is 346 g/mol. The van der Waals surface area contributed by atoms with Crippen LogP contribution < -0.4 is 0 Å². The first-order chi connectivity index (χ1) is 10.9. The van der Waals surface area contributed by atoms with Gasteiger partial charge in [0.1, 0.15) is 16.5 Å². The lowest BCUT2D eigenvalue weighted by Gasteiger charge is -2.35. The maximum atomic E-state index is 13.7. The maximum absolute atomic E-state index is 13.7. The fraction of sp³-hybridized carbons (Fsp3) is 0.600. The largest absolute Gasteiger partial charge is 0.392 e. The van der Waals surface area contributed by atoms with Gasteiger partial charge in [-0.15, -0.1) is 0 Å². The number of hydrogen-bond acceptors (Lipinski definition) is 4. The number of hydrogen-bond donors (Lipinski definition) is 1. The van der Waals surface area contributed by atoms with E-state index in [-0.39, 0.29) is 19.2 Å². The van der Waals surface area contributed by atoms with Crippen molar-refractivity contribution in [2.45, 2.75) is 23.8 Å². The Bertz CT molecular complexity index is 671. The fourth-order valence-electron chi connectivity index (χ4n) is 2.86. The van der Waals surface area contributed by atoms with E-state index < -0.39 is 26.6 Å². The van der Waals surface area contributed by atoms with E-state index in [0.29, 0.717) is 31.6 Å². The number of sulfonamides is 1. The molecular weight excluding hydrogens is 326 g/mol. The standard InChI is InChI=1S/C15H20F2N2O3S/c16-12-3-4-13(17)15(9-12)23(21,22)19-7-5-18(6-8-19)10-14(20)11-1-2-11/h3-4,9,11,14,20H,1-2,5-8,10H2/t14-/m0/s1. The molecule has 0 spiro atoms. The molecule has 23 heavy (non-hydrogen) atoms. The summed E-state index contributed by atoms with van der Waals surface area (Å²) in [6.07, 6.45) is 1.74. The van der Waals surface area contributed by atoms with Gasteiger partial charge in [0.15, 0.2) is 0 Å². The van der Waals surface area contributed by atoms with Crippen molar-refractivity contribution >= 4 is 10.0 Å². The molecule has 1 saturated heterocycles. The van der Waals surface area contributed by atoms with E-state index >= 15 is 0 Å². The Labute approximate surface area is 134 Å². The predicted molar refractivity (Wildman–Crippen MR) is 80.3 cm³/mol. The molecule has 0 aromatic heterocycles. The summed E-state index contributed by atoms with van der Waals surface area (Å²) in [4.78, 5) is 1.39. The van der Waals surface area contributed by atoms with Crippen LogP contribution >= 0.6 is 0 Å². The maximum Gasteiger partial charge on any atom is 0.246 e. The molecule has 2 aliphatic rings. The van der Waals surface area contributed by atoms with Crippen LogP contribution in [0, 0.1) is 17.6 Å². The van der Waals surface area contributed by atoms with Gasteiger partial charge in [-0.2, -0.15) is 4.31 Å². The van der Waals surface area contributed by atoms with Gasteiger partial charge in [0.05, 0.1) is 6.10 Å². The summed E-state index contributed by atoms with van der Waals surface area (Å²) in [5.74, 6) is -1.35. The van der Waals surface area contributed by atoms with E-state index in [9.17, 15) is 22.3 Å². The number of nitrogens with zero attached hydrogens (tertiary/aromatic N) is 2. The molecule has 0 unspecified atom stereocenters. The van der Waals surface area contributed by atoms with Gasteiger partial charge < -0.3 is 5.11 Å². The molecule has 1 atom stereocenters. The van der Waals surface area contributed by atoms with Crippen LogP contribution in [0.2, 0.25) is 0 Å². The predicted octanol–water partition coefficient (Wildman–Crippen LogP) is 1.04. The number of halogens is 2. The summed E-state index contributed by atoms with van der Waals surface area (Å²) >= 11 is 0. The van der Waals surface area contributed by atoms with Crippen LogP contribution in [0.5, 0.6) is 0 Å². The molecule has 1 N–H and O–H groups in total. The highest BCUT2D eigenvalue weighted by molar-refractivity contribution is 7.89. The van der Waals surface area contributed by atoms with E-state index in [1.165, 1.54) is 4.31 Å². The van der Waals surface area contributed by atoms with E-state index in [1.807, 2.05) is 4.90 Å². The summed E-state index contributed by atoms with van der Waals surface area (Å²) < 4.78 is 53.1. The molecule has 0 radical (unpaired) electrons. The molecule has 1 aromatic rings. The molecule has 5 nitrogen and oxygen atoms in total. The zero-order valence-electron chi connectivity index (χ0n) is 12.7. The second-order valence-corrected chi connectivity index (χ2v) is 8.09. The molecule has 8 heteroatoms. The van der Waals surface area contributed by atoms with Crippen LogP contribution in [-0.2, 0) is 10.0 Å². The van der Waals surface area contributed by atoms with Gasteiger partial charge in [0, 0.05) is 32.7 Å². The van der Waals surface area contributed by atoms with Crippen molar-refractivity contribution < 1.29 is 22.3 Å². The van der Waals surface area contributed by atoms with Crippen LogP contribution in [0.4, 0.5) is 8.78 Å². The molecule has 1 saturated carbocycles. The Kier molecular flexibility index (Phi) is 4.68. The van der Waals surface area contributed by atoms with Gasteiger partial charge >= 0.3 is 0 Å². The molecule has 1 aliphatic carbocycles. The lowest BCUT2D eigenvalue weighted by Crippen LogP contribution is -2.50. The van der Waals surface area contributed by atoms with Gasteiger partial charge in [0.2, 0.25) is 10.0 Å². The topological polar surface area (TPSA) is 60.9 Å². The summed E-state index contributed by atoms with van der Waals surface area (Å²) in [6.45, 7) is 1.89. The van der Waals surface area contributed by atoms with Crippen LogP contribution in [0.25, 0.3) is 0 Å². The van der Waals surface area contributed by atoms with Crippen molar-refractivity contribution in [1.82, 2.24) is 9.21 Å². The number of aliphatic hydroxyl groups excluding tert-OH is 1. The molecular formula is C15H20F2N2O3S. The lowest BCUT2D eigenvalue weighted by atomic mass is 10.2. The first kappa shape index (κ1) is 16.8. The minimum atomic E-state index is -4.04. The van der Waals surface area contributed by atoms with Gasteiger partial charge in [-0.25, -0.2) is 17.2 Å². The number of aliphatic hydroxyl groups is 1. The molecule has 3 rings (SSSR count). The van der Waals surface area contributed by atoms with Crippen molar-refractivity contribution in [2.75, 3.05) is 32.7 Å². The lowest BCUT2D eigenvalue weighted by molar-refractivity contribution is 0.0781. The molecule has 0 bridgehead atoms. The summed E-state index contributed by atoms with van der Waals surface area (Å²) in [6, 6.07) is 2.43. The minimum Gasteiger partial charge on any atom is -0.392 e. The second-order valence-electron chi connectivity index (χ2n) is 6.18. The van der Waals surface area contributed by atoms with E-state index in [4.69, 9.17) is 0 Å². The Hall–Kier alpha value is -1.09. The number of benzene rings is 1. The van der Waals surface area contributed by atoms with Crippen molar-refractivity contribution in [3.63, 3.8) is 0 Å². The second kappa shape index (κ2) is 6.43. The van der Waals surface area contributed by atoms with Crippen LogP contribution in [0.1, 0.15) is 12.8 Å². The Balaban J connectivity index is 1.65. The normalized spacial score (nSPS) is 22.2. The average Bonchev–Trinajstić information content (AvgIpc) is 3.35. The zero-order valence-corrected chi connectivity index (χ0v) is 13.5. The molecule has 128 valence electrons. The van der Waals surface area contributed by atoms with Crippen molar-refractivity contribution in [1.29, 1.82) is 0 Å². The zero-order chi connectivity index (χ0) is 16.6. The van der Waals surface area contributed by atoms with Crippen LogP contribution in [0.3, 0.4) is 0 Å². The SMILES string of the molecule is O=S(=O)(c1cc(F)ccc1F)N1CCN(C[C@H](O)C2CC2)CC1. The van der Waals surface area contributed by atoms with Crippen LogP contribution in [0.15, 0.2) is 23.1 Å². The van der Waals surface area contributed by atoms with E-state index in [0.717, 1.165) is 25.0 Å².